The molecule has 0 saturated carbocycles. The smallest absolute Gasteiger partial charge is 0.194 e. The zero-order valence-electron chi connectivity index (χ0n) is 15.4. The minimum absolute atomic E-state index is 0.613. The lowest BCUT2D eigenvalue weighted by molar-refractivity contribution is 0.157. The van der Waals surface area contributed by atoms with Crippen molar-refractivity contribution in [3.05, 3.63) is 42.0 Å². The van der Waals surface area contributed by atoms with Crippen molar-refractivity contribution in [1.29, 1.82) is 0 Å². The first-order valence-electron chi connectivity index (χ1n) is 9.31. The molecule has 1 N–H and O–H groups in total. The first-order valence-corrected chi connectivity index (χ1v) is 9.31. The Kier molecular flexibility index (Phi) is 6.34. The van der Waals surface area contributed by atoms with Crippen molar-refractivity contribution in [3.8, 4) is 0 Å². The summed E-state index contributed by atoms with van der Waals surface area (Å²) in [5.41, 5.74) is 2.53. The van der Waals surface area contributed by atoms with Crippen LogP contribution < -0.4 is 10.2 Å². The topological polar surface area (TPSA) is 40.1 Å². The molecule has 5 heteroatoms. The third-order valence-corrected chi connectivity index (χ3v) is 4.85. The summed E-state index contributed by atoms with van der Waals surface area (Å²) in [5, 5.41) is 3.43. The highest BCUT2D eigenvalue weighted by Gasteiger charge is 2.24. The standard InChI is InChI=1S/C20H30N4O/c1-3-21-20(24-13-10-18(15-24)16-25-2)22-14-17-6-8-19(9-7-17)23-11-4-5-12-23/h4-9,18H,3,10-16H2,1-2H3,(H,21,22). The van der Waals surface area contributed by atoms with Crippen LogP contribution in [0.3, 0.4) is 0 Å². The Morgan fingerprint density at radius 1 is 1.24 bits per heavy atom. The first-order chi connectivity index (χ1) is 12.3. The summed E-state index contributed by atoms with van der Waals surface area (Å²) >= 11 is 0. The molecular formula is C20H30N4O. The second kappa shape index (κ2) is 8.90. The fraction of sp³-hybridized carbons (Fsp3) is 0.550. The van der Waals surface area contributed by atoms with Crippen LogP contribution in [0.5, 0.6) is 0 Å². The predicted octanol–water partition coefficient (Wildman–Crippen LogP) is 2.50. The van der Waals surface area contributed by atoms with Gasteiger partial charge in [0.25, 0.3) is 0 Å². The number of benzene rings is 1. The van der Waals surface area contributed by atoms with Gasteiger partial charge < -0.3 is 19.9 Å². The maximum Gasteiger partial charge on any atom is 0.194 e. The van der Waals surface area contributed by atoms with Crippen molar-refractivity contribution in [2.75, 3.05) is 51.3 Å². The number of guanidine groups is 1. The molecule has 25 heavy (non-hydrogen) atoms. The molecule has 1 aromatic carbocycles. The van der Waals surface area contributed by atoms with E-state index in [0.29, 0.717) is 12.5 Å². The van der Waals surface area contributed by atoms with Crippen molar-refractivity contribution in [2.45, 2.75) is 19.9 Å². The van der Waals surface area contributed by atoms with Gasteiger partial charge in [-0.3, -0.25) is 0 Å². The number of aliphatic imine (C=N–C) groups is 1. The second-order valence-electron chi connectivity index (χ2n) is 6.77. The van der Waals surface area contributed by atoms with Crippen LogP contribution in [-0.2, 0) is 11.3 Å². The summed E-state index contributed by atoms with van der Waals surface area (Å²) < 4.78 is 5.30. The molecule has 0 radical (unpaired) electrons. The Labute approximate surface area is 151 Å². The van der Waals surface area contributed by atoms with E-state index in [1.54, 1.807) is 7.11 Å². The van der Waals surface area contributed by atoms with Gasteiger partial charge >= 0.3 is 0 Å². The molecule has 2 aliphatic rings. The molecule has 1 fully saturated rings. The predicted molar refractivity (Wildman–Crippen MR) is 104 cm³/mol. The average molecular weight is 342 g/mol. The van der Waals surface area contributed by atoms with Crippen LogP contribution >= 0.6 is 0 Å². The fourth-order valence-corrected chi connectivity index (χ4v) is 3.49. The van der Waals surface area contributed by atoms with Crippen LogP contribution in [0.25, 0.3) is 0 Å². The summed E-state index contributed by atoms with van der Waals surface area (Å²) in [5.74, 6) is 1.64. The molecule has 0 spiro atoms. The third-order valence-electron chi connectivity index (χ3n) is 4.85. The average Bonchev–Trinajstić information content (AvgIpc) is 3.31. The highest BCUT2D eigenvalue weighted by atomic mass is 16.5. The van der Waals surface area contributed by atoms with E-state index in [1.807, 2.05) is 0 Å². The quantitative estimate of drug-likeness (QED) is 0.490. The molecule has 136 valence electrons. The number of hydrogen-bond donors (Lipinski definition) is 1. The molecule has 0 aliphatic carbocycles. The molecule has 5 nitrogen and oxygen atoms in total. The number of methoxy groups -OCH3 is 1. The van der Waals surface area contributed by atoms with Crippen molar-refractivity contribution < 1.29 is 4.74 Å². The Hall–Kier alpha value is -2.01. The van der Waals surface area contributed by atoms with Crippen molar-refractivity contribution in [2.24, 2.45) is 10.9 Å². The van der Waals surface area contributed by atoms with E-state index in [0.717, 1.165) is 45.3 Å². The van der Waals surface area contributed by atoms with E-state index in [2.05, 4.69) is 58.5 Å². The summed E-state index contributed by atoms with van der Waals surface area (Å²) in [4.78, 5) is 9.57. The molecule has 1 atom stereocenters. The number of likely N-dealkylation sites (tertiary alicyclic amines) is 1. The van der Waals surface area contributed by atoms with Gasteiger partial charge in [-0.15, -0.1) is 0 Å². The van der Waals surface area contributed by atoms with Crippen molar-refractivity contribution >= 4 is 11.6 Å². The van der Waals surface area contributed by atoms with Gasteiger partial charge in [-0.05, 0) is 31.0 Å². The molecule has 1 aromatic rings. The molecule has 1 unspecified atom stereocenters. The molecule has 0 amide bonds. The highest BCUT2D eigenvalue weighted by molar-refractivity contribution is 5.80. The molecule has 2 heterocycles. The van der Waals surface area contributed by atoms with Crippen molar-refractivity contribution in [3.63, 3.8) is 0 Å². The molecule has 0 bridgehead atoms. The number of nitrogens with one attached hydrogen (secondary N) is 1. The zero-order chi connectivity index (χ0) is 17.5. The van der Waals surface area contributed by atoms with Crippen LogP contribution in [-0.4, -0.2) is 57.3 Å². The van der Waals surface area contributed by atoms with E-state index in [1.165, 1.54) is 17.7 Å². The Morgan fingerprint density at radius 3 is 2.68 bits per heavy atom. The van der Waals surface area contributed by atoms with Gasteiger partial charge in [0, 0.05) is 51.4 Å². The van der Waals surface area contributed by atoms with Crippen molar-refractivity contribution in [1.82, 2.24) is 10.2 Å². The SMILES string of the molecule is CCNC(=NCc1ccc(N2CC=CC2)cc1)N1CCC(COC)C1. The lowest BCUT2D eigenvalue weighted by atomic mass is 10.1. The van der Waals surface area contributed by atoms with Gasteiger partial charge in [-0.1, -0.05) is 24.3 Å². The minimum Gasteiger partial charge on any atom is -0.384 e. The van der Waals surface area contributed by atoms with Gasteiger partial charge in [0.1, 0.15) is 0 Å². The number of nitrogens with zero attached hydrogens (tertiary/aromatic N) is 3. The van der Waals surface area contributed by atoms with E-state index < -0.39 is 0 Å². The maximum atomic E-state index is 5.30. The monoisotopic (exact) mass is 342 g/mol. The second-order valence-corrected chi connectivity index (χ2v) is 6.77. The molecule has 1 saturated heterocycles. The fourth-order valence-electron chi connectivity index (χ4n) is 3.49. The van der Waals surface area contributed by atoms with Gasteiger partial charge in [-0.2, -0.15) is 0 Å². The largest absolute Gasteiger partial charge is 0.384 e. The number of ether oxygens (including phenoxy) is 1. The summed E-state index contributed by atoms with van der Waals surface area (Å²) in [6, 6.07) is 8.79. The van der Waals surface area contributed by atoms with Crippen LogP contribution in [0, 0.1) is 5.92 Å². The minimum atomic E-state index is 0.613. The summed E-state index contributed by atoms with van der Waals surface area (Å²) in [7, 11) is 1.78. The van der Waals surface area contributed by atoms with Crippen LogP contribution in [0.1, 0.15) is 18.9 Å². The number of rotatable bonds is 6. The van der Waals surface area contributed by atoms with E-state index in [4.69, 9.17) is 9.73 Å². The van der Waals surface area contributed by atoms with Crippen LogP contribution in [0.4, 0.5) is 5.69 Å². The Bertz CT molecular complexity index is 588. The lowest BCUT2D eigenvalue weighted by Crippen LogP contribution is -2.40. The molecule has 0 aromatic heterocycles. The van der Waals surface area contributed by atoms with Crippen LogP contribution in [0.15, 0.2) is 41.4 Å². The van der Waals surface area contributed by atoms with E-state index in [-0.39, 0.29) is 0 Å². The highest BCUT2D eigenvalue weighted by Crippen LogP contribution is 2.19. The molecular weight excluding hydrogens is 312 g/mol. The van der Waals surface area contributed by atoms with Gasteiger partial charge in [0.15, 0.2) is 5.96 Å². The number of anilines is 1. The number of hydrogen-bond acceptors (Lipinski definition) is 3. The molecule has 2 aliphatic heterocycles. The van der Waals surface area contributed by atoms with Crippen LogP contribution in [0.2, 0.25) is 0 Å². The van der Waals surface area contributed by atoms with Gasteiger partial charge in [0.05, 0.1) is 13.2 Å². The molecule has 3 rings (SSSR count). The Balaban J connectivity index is 1.59. The normalized spacial score (nSPS) is 20.6. The van der Waals surface area contributed by atoms with Gasteiger partial charge in [0.2, 0.25) is 0 Å². The summed E-state index contributed by atoms with van der Waals surface area (Å²) in [6.45, 7) is 8.68. The van der Waals surface area contributed by atoms with E-state index in [9.17, 15) is 0 Å². The summed E-state index contributed by atoms with van der Waals surface area (Å²) in [6.07, 6.45) is 5.61. The first kappa shape index (κ1) is 17.8. The van der Waals surface area contributed by atoms with Gasteiger partial charge in [-0.25, -0.2) is 4.99 Å². The maximum absolute atomic E-state index is 5.30. The zero-order valence-corrected chi connectivity index (χ0v) is 15.4. The third kappa shape index (κ3) is 4.75. The lowest BCUT2D eigenvalue weighted by Gasteiger charge is -2.22. The Morgan fingerprint density at radius 2 is 2.00 bits per heavy atom. The van der Waals surface area contributed by atoms with E-state index >= 15 is 0 Å².